The van der Waals surface area contributed by atoms with Crippen LogP contribution in [0.4, 0.5) is 4.39 Å². The summed E-state index contributed by atoms with van der Waals surface area (Å²) in [6, 6.07) is 5.87. The van der Waals surface area contributed by atoms with Gasteiger partial charge in [0, 0.05) is 6.07 Å². The minimum atomic E-state index is -0.634. The number of halogens is 1. The van der Waals surface area contributed by atoms with Crippen LogP contribution in [0, 0.1) is 52.7 Å². The van der Waals surface area contributed by atoms with Crippen LogP contribution in [-0.4, -0.2) is 5.97 Å². The van der Waals surface area contributed by atoms with Gasteiger partial charge in [0.15, 0.2) is 0 Å². The van der Waals surface area contributed by atoms with E-state index in [0.29, 0.717) is 11.8 Å². The molecule has 34 heavy (non-hydrogen) atoms. The number of unbranched alkanes of at least 4 members (excludes halogenated alkanes) is 3. The van der Waals surface area contributed by atoms with Crippen LogP contribution >= 0.6 is 0 Å². The van der Waals surface area contributed by atoms with Crippen molar-refractivity contribution < 1.29 is 13.9 Å². The number of rotatable bonds is 8. The molecule has 0 N–H and O–H groups in total. The summed E-state index contributed by atoms with van der Waals surface area (Å²) in [6.07, 6.45) is 19.5. The zero-order chi connectivity index (χ0) is 23.9. The first-order chi connectivity index (χ1) is 16.6. The molecule has 186 valence electrons. The number of hydrogen-bond acceptors (Lipinski definition) is 3. The number of carbonyl (C=O) groups is 1. The second-order valence-electron chi connectivity index (χ2n) is 11.3. The quantitative estimate of drug-likeness (QED) is 0.220. The third kappa shape index (κ3) is 6.21. The highest BCUT2D eigenvalue weighted by Gasteiger charge is 2.43. The molecule has 0 saturated heterocycles. The normalized spacial score (nSPS) is 31.3. The summed E-state index contributed by atoms with van der Waals surface area (Å²) in [6.45, 7) is 2.29. The summed E-state index contributed by atoms with van der Waals surface area (Å²) in [5, 5.41) is 8.91. The van der Waals surface area contributed by atoms with E-state index in [-0.39, 0.29) is 23.2 Å². The Morgan fingerprint density at radius 3 is 2.53 bits per heavy atom. The first kappa shape index (κ1) is 25.2. The number of hydrogen-bond donors (Lipinski definition) is 0. The van der Waals surface area contributed by atoms with Crippen LogP contribution in [0.1, 0.15) is 109 Å². The summed E-state index contributed by atoms with van der Waals surface area (Å²) in [5.74, 6) is 3.04. The van der Waals surface area contributed by atoms with Crippen LogP contribution < -0.4 is 4.74 Å². The number of benzene rings is 1. The number of nitrogens with zero attached hydrogens (tertiary/aromatic N) is 1. The fourth-order valence-electron chi connectivity index (χ4n) is 7.37. The molecule has 0 aromatic heterocycles. The fourth-order valence-corrected chi connectivity index (χ4v) is 7.37. The molecular weight excluding hydrogens is 425 g/mol. The minimum Gasteiger partial charge on any atom is -0.426 e. The van der Waals surface area contributed by atoms with Gasteiger partial charge < -0.3 is 4.74 Å². The van der Waals surface area contributed by atoms with E-state index in [9.17, 15) is 9.18 Å². The Hall–Kier alpha value is -1.89. The van der Waals surface area contributed by atoms with Gasteiger partial charge in [-0.25, -0.2) is 4.39 Å². The van der Waals surface area contributed by atoms with E-state index in [1.54, 1.807) is 0 Å². The van der Waals surface area contributed by atoms with Gasteiger partial charge in [-0.1, -0.05) is 64.7 Å². The predicted molar refractivity (Wildman–Crippen MR) is 133 cm³/mol. The van der Waals surface area contributed by atoms with Crippen LogP contribution in [0.3, 0.4) is 0 Å². The van der Waals surface area contributed by atoms with Crippen molar-refractivity contribution in [1.29, 1.82) is 5.26 Å². The van der Waals surface area contributed by atoms with Crippen molar-refractivity contribution in [2.24, 2.45) is 35.5 Å². The molecule has 0 amide bonds. The van der Waals surface area contributed by atoms with E-state index in [2.05, 4.69) is 6.92 Å². The Morgan fingerprint density at radius 2 is 1.79 bits per heavy atom. The van der Waals surface area contributed by atoms with Gasteiger partial charge in [0.25, 0.3) is 0 Å². The molecule has 4 unspecified atom stereocenters. The molecule has 4 heteroatoms. The molecule has 3 saturated carbocycles. The van der Waals surface area contributed by atoms with Crippen molar-refractivity contribution >= 4 is 5.97 Å². The third-order valence-corrected chi connectivity index (χ3v) is 9.29. The smallest absolute Gasteiger partial charge is 0.314 e. The molecular formula is C30H42FNO2. The molecule has 0 heterocycles. The van der Waals surface area contributed by atoms with Crippen molar-refractivity contribution in [2.45, 2.75) is 103 Å². The lowest BCUT2D eigenvalue weighted by Gasteiger charge is -2.46. The highest BCUT2D eigenvalue weighted by molar-refractivity contribution is 5.75. The Bertz CT molecular complexity index is 854. The number of esters is 1. The monoisotopic (exact) mass is 467 g/mol. The Kier molecular flexibility index (Phi) is 9.04. The first-order valence-corrected chi connectivity index (χ1v) is 14.0. The zero-order valence-electron chi connectivity index (χ0n) is 20.9. The second-order valence-corrected chi connectivity index (χ2v) is 11.3. The van der Waals surface area contributed by atoms with Crippen molar-refractivity contribution in [2.75, 3.05) is 0 Å². The van der Waals surface area contributed by atoms with Gasteiger partial charge >= 0.3 is 5.97 Å². The highest BCUT2D eigenvalue weighted by Crippen LogP contribution is 2.50. The van der Waals surface area contributed by atoms with E-state index in [4.69, 9.17) is 10.00 Å². The van der Waals surface area contributed by atoms with Crippen molar-refractivity contribution in [3.63, 3.8) is 0 Å². The van der Waals surface area contributed by atoms with Crippen LogP contribution in [0.15, 0.2) is 18.2 Å². The van der Waals surface area contributed by atoms with Gasteiger partial charge in [0.05, 0.1) is 11.5 Å². The molecule has 3 aliphatic carbocycles. The van der Waals surface area contributed by atoms with Crippen LogP contribution in [0.5, 0.6) is 5.75 Å². The van der Waals surface area contributed by atoms with Crippen molar-refractivity contribution in [1.82, 2.24) is 0 Å². The fraction of sp³-hybridized carbons (Fsp3) is 0.733. The lowest BCUT2D eigenvalue weighted by molar-refractivity contribution is -0.144. The Labute approximate surface area is 205 Å². The predicted octanol–water partition coefficient (Wildman–Crippen LogP) is 8.21. The summed E-state index contributed by atoms with van der Waals surface area (Å²) in [5.41, 5.74) is -0.0265. The topological polar surface area (TPSA) is 50.1 Å². The number of fused-ring (bicyclic) bond motifs is 1. The largest absolute Gasteiger partial charge is 0.426 e. The van der Waals surface area contributed by atoms with Crippen LogP contribution in [0.2, 0.25) is 0 Å². The van der Waals surface area contributed by atoms with Crippen molar-refractivity contribution in [3.05, 3.63) is 29.6 Å². The van der Waals surface area contributed by atoms with Gasteiger partial charge in [-0.05, 0) is 80.2 Å². The molecule has 3 fully saturated rings. The molecule has 1 aromatic carbocycles. The summed E-state index contributed by atoms with van der Waals surface area (Å²) >= 11 is 0. The van der Waals surface area contributed by atoms with Crippen molar-refractivity contribution in [3.8, 4) is 11.8 Å². The average Bonchev–Trinajstić information content (AvgIpc) is 2.86. The van der Waals surface area contributed by atoms with Gasteiger partial charge in [-0.15, -0.1) is 0 Å². The maximum Gasteiger partial charge on any atom is 0.314 e. The average molecular weight is 468 g/mol. The van der Waals surface area contributed by atoms with Gasteiger partial charge in [0.1, 0.15) is 17.6 Å². The lowest BCUT2D eigenvalue weighted by Crippen LogP contribution is -2.40. The highest BCUT2D eigenvalue weighted by atomic mass is 19.1. The summed E-state index contributed by atoms with van der Waals surface area (Å²) < 4.78 is 19.5. The van der Waals surface area contributed by atoms with Crippen LogP contribution in [-0.2, 0) is 4.79 Å². The summed E-state index contributed by atoms with van der Waals surface area (Å²) in [7, 11) is 0. The zero-order valence-corrected chi connectivity index (χ0v) is 20.9. The molecule has 0 bridgehead atoms. The number of ether oxygens (including phenoxy) is 1. The molecule has 0 aliphatic heterocycles. The van der Waals surface area contributed by atoms with E-state index in [1.165, 1.54) is 89.2 Å². The second kappa shape index (κ2) is 12.2. The number of carbonyl (C=O) groups excluding carboxylic acids is 1. The van der Waals surface area contributed by atoms with Gasteiger partial charge in [0.2, 0.25) is 0 Å². The molecule has 3 nitrogen and oxygen atoms in total. The lowest BCUT2D eigenvalue weighted by atomic mass is 9.59. The van der Waals surface area contributed by atoms with E-state index in [0.717, 1.165) is 43.1 Å². The van der Waals surface area contributed by atoms with E-state index < -0.39 is 5.82 Å². The maximum atomic E-state index is 13.9. The molecule has 1 aromatic rings. The molecule has 0 radical (unpaired) electrons. The van der Waals surface area contributed by atoms with E-state index in [1.807, 2.05) is 6.07 Å². The standard InChI is InChI=1S/C30H42FNO2/c1-2-3-4-5-7-21-10-12-22(13-11-21)23-15-17-27-24(18-23)8-6-9-28(27)30(33)34-26-16-14-25(20-32)29(31)19-26/h14,16,19,21-24,27-28H,2-13,15,17-18H2,1H3. The minimum absolute atomic E-state index is 0.0265. The molecule has 4 rings (SSSR count). The number of nitriles is 1. The molecule has 3 aliphatic rings. The van der Waals surface area contributed by atoms with Crippen LogP contribution in [0.25, 0.3) is 0 Å². The van der Waals surface area contributed by atoms with Gasteiger partial charge in [-0.2, -0.15) is 5.26 Å². The van der Waals surface area contributed by atoms with E-state index >= 15 is 0 Å². The summed E-state index contributed by atoms with van der Waals surface area (Å²) in [4.78, 5) is 13.0. The molecule has 0 spiro atoms. The van der Waals surface area contributed by atoms with Gasteiger partial charge in [-0.3, -0.25) is 4.79 Å². The Morgan fingerprint density at radius 1 is 1.00 bits per heavy atom. The first-order valence-electron chi connectivity index (χ1n) is 14.0. The SMILES string of the molecule is CCCCCCC1CCC(C2CCC3C(CCCC3C(=O)Oc3ccc(C#N)c(F)c3)C2)CC1. The molecule has 4 atom stereocenters. The Balaban J connectivity index is 1.27. The maximum absolute atomic E-state index is 13.9. The third-order valence-electron chi connectivity index (χ3n) is 9.29.